The number of nitriles is 1. The normalized spacial score (nSPS) is 31.3. The summed E-state index contributed by atoms with van der Waals surface area (Å²) < 4.78 is 5.43. The summed E-state index contributed by atoms with van der Waals surface area (Å²) in [5.74, 6) is 1.41. The van der Waals surface area contributed by atoms with Gasteiger partial charge in [-0.15, -0.1) is 0 Å². The molecule has 1 amide bonds. The van der Waals surface area contributed by atoms with E-state index in [1.54, 1.807) is 0 Å². The highest BCUT2D eigenvalue weighted by Crippen LogP contribution is 2.39. The number of ether oxygens (including phenoxy) is 1. The highest BCUT2D eigenvalue weighted by atomic mass is 16.6. The lowest BCUT2D eigenvalue weighted by molar-refractivity contribution is 0.00375. The molecule has 4 heteroatoms. The minimum absolute atomic E-state index is 0.187. The molecule has 4 nitrogen and oxygen atoms in total. The highest BCUT2D eigenvalue weighted by Gasteiger charge is 2.37. The summed E-state index contributed by atoms with van der Waals surface area (Å²) in [6.07, 6.45) is 3.90. The van der Waals surface area contributed by atoms with E-state index in [0.717, 1.165) is 38.8 Å². The number of fused-ring (bicyclic) bond motifs is 1. The Hall–Kier alpha value is -1.24. The number of piperidine rings is 1. The second-order valence-electron chi connectivity index (χ2n) is 6.87. The molecule has 3 unspecified atom stereocenters. The predicted molar refractivity (Wildman–Crippen MR) is 72.4 cm³/mol. The lowest BCUT2D eigenvalue weighted by atomic mass is 9.71. The topological polar surface area (TPSA) is 53.3 Å². The molecule has 19 heavy (non-hydrogen) atoms. The minimum Gasteiger partial charge on any atom is -0.444 e. The summed E-state index contributed by atoms with van der Waals surface area (Å²) in [6, 6.07) is 2.40. The van der Waals surface area contributed by atoms with E-state index in [4.69, 9.17) is 10.00 Å². The molecule has 0 aromatic rings. The van der Waals surface area contributed by atoms with Crippen molar-refractivity contribution in [3.05, 3.63) is 0 Å². The molecule has 1 heterocycles. The standard InChI is InChI=1S/C15H24N2O2/c1-15(2,3)19-14(18)17-7-6-12-8-11(9-16)4-5-13(12)10-17/h11-13H,4-8,10H2,1-3H3. The number of nitrogens with zero attached hydrogens (tertiary/aromatic N) is 2. The molecule has 1 saturated heterocycles. The van der Waals surface area contributed by atoms with Gasteiger partial charge in [-0.25, -0.2) is 4.79 Å². The van der Waals surface area contributed by atoms with Gasteiger partial charge in [0, 0.05) is 19.0 Å². The van der Waals surface area contributed by atoms with E-state index in [1.807, 2.05) is 25.7 Å². The van der Waals surface area contributed by atoms with Gasteiger partial charge in [0.1, 0.15) is 5.60 Å². The Bertz CT molecular complexity index is 381. The third kappa shape index (κ3) is 3.62. The quantitative estimate of drug-likeness (QED) is 0.675. The van der Waals surface area contributed by atoms with Crippen LogP contribution in [0.15, 0.2) is 0 Å². The van der Waals surface area contributed by atoms with Crippen molar-refractivity contribution in [3.63, 3.8) is 0 Å². The Morgan fingerprint density at radius 2 is 2.00 bits per heavy atom. The molecule has 0 bridgehead atoms. The van der Waals surface area contributed by atoms with Crippen LogP contribution < -0.4 is 0 Å². The Labute approximate surface area is 115 Å². The van der Waals surface area contributed by atoms with Gasteiger partial charge in [-0.05, 0) is 58.3 Å². The Morgan fingerprint density at radius 3 is 2.63 bits per heavy atom. The van der Waals surface area contributed by atoms with Crippen molar-refractivity contribution < 1.29 is 9.53 Å². The largest absolute Gasteiger partial charge is 0.444 e. The van der Waals surface area contributed by atoms with Crippen molar-refractivity contribution in [1.82, 2.24) is 4.90 Å². The van der Waals surface area contributed by atoms with Crippen molar-refractivity contribution >= 4 is 6.09 Å². The first-order valence-corrected chi connectivity index (χ1v) is 7.26. The van der Waals surface area contributed by atoms with Gasteiger partial charge in [0.15, 0.2) is 0 Å². The fourth-order valence-electron chi connectivity index (χ4n) is 3.23. The Balaban J connectivity index is 1.90. The van der Waals surface area contributed by atoms with E-state index in [2.05, 4.69) is 6.07 Å². The van der Waals surface area contributed by atoms with Crippen molar-refractivity contribution in [2.24, 2.45) is 17.8 Å². The van der Waals surface area contributed by atoms with Crippen LogP contribution in [0.1, 0.15) is 46.5 Å². The van der Waals surface area contributed by atoms with Gasteiger partial charge in [-0.3, -0.25) is 0 Å². The van der Waals surface area contributed by atoms with E-state index in [1.165, 1.54) is 0 Å². The predicted octanol–water partition coefficient (Wildman–Crippen LogP) is 3.18. The summed E-state index contributed by atoms with van der Waals surface area (Å²) in [5.41, 5.74) is -0.424. The third-order valence-corrected chi connectivity index (χ3v) is 4.20. The van der Waals surface area contributed by atoms with E-state index in [-0.39, 0.29) is 12.0 Å². The van der Waals surface area contributed by atoms with Crippen LogP contribution >= 0.6 is 0 Å². The van der Waals surface area contributed by atoms with E-state index in [9.17, 15) is 4.79 Å². The lowest BCUT2D eigenvalue weighted by Crippen LogP contribution is -2.47. The van der Waals surface area contributed by atoms with E-state index >= 15 is 0 Å². The number of hydrogen-bond donors (Lipinski definition) is 0. The number of rotatable bonds is 0. The first-order chi connectivity index (χ1) is 8.89. The minimum atomic E-state index is -0.424. The fourth-order valence-corrected chi connectivity index (χ4v) is 3.23. The van der Waals surface area contributed by atoms with Crippen LogP contribution in [0.4, 0.5) is 4.79 Å². The molecule has 2 fully saturated rings. The van der Waals surface area contributed by atoms with Gasteiger partial charge in [0.2, 0.25) is 0 Å². The highest BCUT2D eigenvalue weighted by molar-refractivity contribution is 5.68. The molecule has 0 aromatic carbocycles. The first-order valence-electron chi connectivity index (χ1n) is 7.26. The molecule has 2 aliphatic rings. The third-order valence-electron chi connectivity index (χ3n) is 4.20. The first kappa shape index (κ1) is 14.2. The summed E-state index contributed by atoms with van der Waals surface area (Å²) in [7, 11) is 0. The van der Waals surface area contributed by atoms with Crippen molar-refractivity contribution in [2.45, 2.75) is 52.1 Å². The molecular formula is C15H24N2O2. The Morgan fingerprint density at radius 1 is 1.26 bits per heavy atom. The fraction of sp³-hybridized carbons (Fsp3) is 0.867. The second-order valence-corrected chi connectivity index (χ2v) is 6.87. The van der Waals surface area contributed by atoms with E-state index in [0.29, 0.717) is 11.8 Å². The summed E-state index contributed by atoms with van der Waals surface area (Å²) >= 11 is 0. The van der Waals surface area contributed by atoms with Crippen molar-refractivity contribution in [2.75, 3.05) is 13.1 Å². The van der Waals surface area contributed by atoms with Crippen LogP contribution in [0.3, 0.4) is 0 Å². The van der Waals surface area contributed by atoms with Gasteiger partial charge in [0.05, 0.1) is 6.07 Å². The number of carbonyl (C=O) groups is 1. The van der Waals surface area contributed by atoms with Crippen molar-refractivity contribution in [3.8, 4) is 6.07 Å². The van der Waals surface area contributed by atoms with Crippen LogP contribution in [0.2, 0.25) is 0 Å². The molecule has 0 N–H and O–H groups in total. The van der Waals surface area contributed by atoms with Gasteiger partial charge in [-0.1, -0.05) is 0 Å². The molecule has 0 spiro atoms. The van der Waals surface area contributed by atoms with Gasteiger partial charge < -0.3 is 9.64 Å². The number of likely N-dealkylation sites (tertiary alicyclic amines) is 1. The average molecular weight is 264 g/mol. The van der Waals surface area contributed by atoms with Crippen LogP contribution in [0.25, 0.3) is 0 Å². The van der Waals surface area contributed by atoms with Gasteiger partial charge in [-0.2, -0.15) is 5.26 Å². The molecule has 1 saturated carbocycles. The zero-order valence-electron chi connectivity index (χ0n) is 12.2. The molecule has 106 valence electrons. The maximum absolute atomic E-state index is 12.1. The number of hydrogen-bond acceptors (Lipinski definition) is 3. The van der Waals surface area contributed by atoms with Gasteiger partial charge in [0.25, 0.3) is 0 Å². The maximum atomic E-state index is 12.1. The summed E-state index contributed by atoms with van der Waals surface area (Å²) in [4.78, 5) is 13.9. The zero-order valence-corrected chi connectivity index (χ0v) is 12.2. The van der Waals surface area contributed by atoms with E-state index < -0.39 is 5.60 Å². The molecule has 1 aliphatic carbocycles. The smallest absolute Gasteiger partial charge is 0.410 e. The number of amides is 1. The monoisotopic (exact) mass is 264 g/mol. The Kier molecular flexibility index (Phi) is 4.03. The maximum Gasteiger partial charge on any atom is 0.410 e. The van der Waals surface area contributed by atoms with Crippen LogP contribution in [-0.2, 0) is 4.74 Å². The summed E-state index contributed by atoms with van der Waals surface area (Å²) in [5, 5.41) is 9.01. The molecule has 2 rings (SSSR count). The van der Waals surface area contributed by atoms with Gasteiger partial charge >= 0.3 is 6.09 Å². The van der Waals surface area contributed by atoms with Crippen molar-refractivity contribution in [1.29, 1.82) is 5.26 Å². The molecule has 1 aliphatic heterocycles. The molecule has 0 aromatic heterocycles. The average Bonchev–Trinajstić information content (AvgIpc) is 2.35. The van der Waals surface area contributed by atoms with Crippen LogP contribution in [0, 0.1) is 29.1 Å². The molecule has 0 radical (unpaired) electrons. The second kappa shape index (κ2) is 5.40. The molecule has 3 atom stereocenters. The lowest BCUT2D eigenvalue weighted by Gasteiger charge is -2.42. The summed E-state index contributed by atoms with van der Waals surface area (Å²) in [6.45, 7) is 7.27. The van der Waals surface area contributed by atoms with Crippen LogP contribution in [-0.4, -0.2) is 29.7 Å². The molecular weight excluding hydrogens is 240 g/mol. The number of carbonyl (C=O) groups excluding carboxylic acids is 1. The SMILES string of the molecule is CC(C)(C)OC(=O)N1CCC2CC(C#N)CCC2C1. The van der Waals surface area contributed by atoms with Crippen LogP contribution in [0.5, 0.6) is 0 Å². The zero-order chi connectivity index (χ0) is 14.0.